The van der Waals surface area contributed by atoms with Gasteiger partial charge >= 0.3 is 18.1 Å². The number of carbonyl (C=O) groups excluding carboxylic acids is 2. The van der Waals surface area contributed by atoms with E-state index in [9.17, 15) is 22.8 Å². The molecule has 0 spiro atoms. The summed E-state index contributed by atoms with van der Waals surface area (Å²) in [6.45, 7) is 0. The molecule has 2 saturated carbocycles. The van der Waals surface area contributed by atoms with Crippen molar-refractivity contribution in [3.63, 3.8) is 0 Å². The third-order valence-corrected chi connectivity index (χ3v) is 4.92. The fourth-order valence-corrected chi connectivity index (χ4v) is 3.75. The molecule has 0 aliphatic heterocycles. The molecule has 2 N–H and O–H groups in total. The van der Waals surface area contributed by atoms with Crippen molar-refractivity contribution in [1.82, 2.24) is 0 Å². The van der Waals surface area contributed by atoms with Crippen LogP contribution >= 0.6 is 0 Å². The van der Waals surface area contributed by atoms with E-state index in [4.69, 9.17) is 5.73 Å². The van der Waals surface area contributed by atoms with Gasteiger partial charge in [-0.25, -0.2) is 4.79 Å². The molecule has 0 aromatic carbocycles. The number of ether oxygens (including phenoxy) is 1. The Labute approximate surface area is 133 Å². The molecule has 2 fully saturated rings. The van der Waals surface area contributed by atoms with Gasteiger partial charge in [-0.1, -0.05) is 12.2 Å². The van der Waals surface area contributed by atoms with Crippen molar-refractivity contribution in [2.75, 3.05) is 0 Å². The lowest BCUT2D eigenvalue weighted by Crippen LogP contribution is -2.35. The maximum atomic E-state index is 11.9. The van der Waals surface area contributed by atoms with Crippen molar-refractivity contribution in [3.8, 4) is 0 Å². The molecule has 4 nitrogen and oxygen atoms in total. The summed E-state index contributed by atoms with van der Waals surface area (Å²) in [6, 6.07) is 0.279. The molecule has 0 saturated heterocycles. The standard InChI is InChI=1S/C16H22F3NO3/c17-16(18,19)15(22)23-13(21)6-4-2-1-3-5-12-10-7-8-11(9-10)14(12)20/h1,3,10-12,14H,2,4-9,20H2/b3-1-. The number of fused-ring (bicyclic) bond motifs is 2. The highest BCUT2D eigenvalue weighted by Crippen LogP contribution is 2.48. The van der Waals surface area contributed by atoms with Gasteiger partial charge < -0.3 is 10.5 Å². The molecular formula is C16H22F3NO3. The van der Waals surface area contributed by atoms with E-state index in [1.165, 1.54) is 19.3 Å². The second-order valence-electron chi connectivity index (χ2n) is 6.43. The van der Waals surface area contributed by atoms with Gasteiger partial charge in [0.2, 0.25) is 0 Å². The van der Waals surface area contributed by atoms with Crippen molar-refractivity contribution >= 4 is 11.9 Å². The first kappa shape index (κ1) is 18.0. The Bertz CT molecular complexity index is 474. The van der Waals surface area contributed by atoms with Gasteiger partial charge in [0.25, 0.3) is 0 Å². The lowest BCUT2D eigenvalue weighted by molar-refractivity contribution is -0.201. The van der Waals surface area contributed by atoms with Crippen LogP contribution in [0.1, 0.15) is 44.9 Å². The van der Waals surface area contributed by atoms with E-state index in [-0.39, 0.29) is 12.5 Å². The number of nitrogens with two attached hydrogens (primary N) is 1. The maximum absolute atomic E-state index is 11.9. The van der Waals surface area contributed by atoms with Crippen molar-refractivity contribution in [2.45, 2.75) is 57.2 Å². The average Bonchev–Trinajstić information content (AvgIpc) is 3.04. The number of rotatable bonds is 6. The molecule has 23 heavy (non-hydrogen) atoms. The summed E-state index contributed by atoms with van der Waals surface area (Å²) in [6.07, 6.45) is 4.18. The topological polar surface area (TPSA) is 69.4 Å². The van der Waals surface area contributed by atoms with Gasteiger partial charge in [0.1, 0.15) is 0 Å². The minimum Gasteiger partial charge on any atom is -0.386 e. The van der Waals surface area contributed by atoms with E-state index in [0.717, 1.165) is 12.3 Å². The first-order valence-electron chi connectivity index (χ1n) is 8.01. The van der Waals surface area contributed by atoms with Crippen LogP contribution in [-0.4, -0.2) is 24.2 Å². The molecule has 2 aliphatic rings. The molecule has 0 amide bonds. The molecule has 4 unspecified atom stereocenters. The molecule has 130 valence electrons. The van der Waals surface area contributed by atoms with Crippen LogP contribution in [0.25, 0.3) is 0 Å². The molecule has 2 bridgehead atoms. The zero-order valence-corrected chi connectivity index (χ0v) is 12.8. The third kappa shape index (κ3) is 4.80. The summed E-state index contributed by atoms with van der Waals surface area (Å²) in [5, 5.41) is 0. The Hall–Kier alpha value is -1.37. The Morgan fingerprint density at radius 2 is 1.87 bits per heavy atom. The monoisotopic (exact) mass is 333 g/mol. The van der Waals surface area contributed by atoms with Crippen LogP contribution in [0.4, 0.5) is 13.2 Å². The molecule has 0 heterocycles. The summed E-state index contributed by atoms with van der Waals surface area (Å²) in [5.74, 6) is -1.68. The van der Waals surface area contributed by atoms with E-state index < -0.39 is 18.1 Å². The molecule has 7 heteroatoms. The predicted molar refractivity (Wildman–Crippen MR) is 77.1 cm³/mol. The Kier molecular flexibility index (Phi) is 5.84. The lowest BCUT2D eigenvalue weighted by atomic mass is 9.83. The van der Waals surface area contributed by atoms with E-state index in [1.807, 2.05) is 12.2 Å². The first-order valence-corrected chi connectivity index (χ1v) is 8.01. The van der Waals surface area contributed by atoms with Gasteiger partial charge in [-0.05, 0) is 56.3 Å². The van der Waals surface area contributed by atoms with Crippen LogP contribution in [0.3, 0.4) is 0 Å². The third-order valence-electron chi connectivity index (χ3n) is 4.92. The van der Waals surface area contributed by atoms with E-state index in [1.54, 1.807) is 0 Å². The van der Waals surface area contributed by atoms with Crippen LogP contribution in [0.5, 0.6) is 0 Å². The fourth-order valence-electron chi connectivity index (χ4n) is 3.75. The zero-order valence-electron chi connectivity index (χ0n) is 12.8. The summed E-state index contributed by atoms with van der Waals surface area (Å²) in [5.41, 5.74) is 6.21. The Morgan fingerprint density at radius 1 is 1.17 bits per heavy atom. The molecule has 0 aromatic heterocycles. The van der Waals surface area contributed by atoms with Gasteiger partial charge in [0.05, 0.1) is 0 Å². The zero-order chi connectivity index (χ0) is 17.0. The average molecular weight is 333 g/mol. The highest BCUT2D eigenvalue weighted by Gasteiger charge is 2.44. The van der Waals surface area contributed by atoms with Gasteiger partial charge in [0, 0.05) is 12.5 Å². The lowest BCUT2D eigenvalue weighted by Gasteiger charge is -2.27. The van der Waals surface area contributed by atoms with Crippen molar-refractivity contribution in [3.05, 3.63) is 12.2 Å². The van der Waals surface area contributed by atoms with Gasteiger partial charge in [-0.2, -0.15) is 13.2 Å². The summed E-state index contributed by atoms with van der Waals surface area (Å²) in [7, 11) is 0. The second-order valence-corrected chi connectivity index (χ2v) is 6.43. The number of hydrogen-bond acceptors (Lipinski definition) is 4. The summed E-state index contributed by atoms with van der Waals surface area (Å²) in [4.78, 5) is 21.5. The van der Waals surface area contributed by atoms with E-state index >= 15 is 0 Å². The number of allylic oxidation sites excluding steroid dienone is 2. The van der Waals surface area contributed by atoms with Crippen LogP contribution in [0.2, 0.25) is 0 Å². The quantitative estimate of drug-likeness (QED) is 0.351. The normalized spacial score (nSPS) is 30.1. The number of halogens is 3. The smallest absolute Gasteiger partial charge is 0.386 e. The van der Waals surface area contributed by atoms with E-state index in [0.29, 0.717) is 24.7 Å². The number of esters is 2. The summed E-state index contributed by atoms with van der Waals surface area (Å²) >= 11 is 0. The van der Waals surface area contributed by atoms with Crippen LogP contribution in [-0.2, 0) is 14.3 Å². The molecule has 4 atom stereocenters. The minimum atomic E-state index is -5.13. The molecule has 2 aliphatic carbocycles. The number of alkyl halides is 3. The number of carbonyl (C=O) groups is 2. The maximum Gasteiger partial charge on any atom is 0.491 e. The van der Waals surface area contributed by atoms with Gasteiger partial charge in [0.15, 0.2) is 0 Å². The number of unbranched alkanes of at least 4 members (excludes halogenated alkanes) is 1. The molecular weight excluding hydrogens is 311 g/mol. The Morgan fingerprint density at radius 3 is 2.48 bits per heavy atom. The van der Waals surface area contributed by atoms with Crippen molar-refractivity contribution in [2.24, 2.45) is 23.5 Å². The van der Waals surface area contributed by atoms with Crippen molar-refractivity contribution < 1.29 is 27.5 Å². The number of hydrogen-bond donors (Lipinski definition) is 1. The van der Waals surface area contributed by atoms with Crippen molar-refractivity contribution in [1.29, 1.82) is 0 Å². The van der Waals surface area contributed by atoms with E-state index in [2.05, 4.69) is 4.74 Å². The Balaban J connectivity index is 1.58. The predicted octanol–water partition coefficient (Wildman–Crippen LogP) is 3.11. The summed E-state index contributed by atoms with van der Waals surface area (Å²) < 4.78 is 39.4. The molecule has 0 radical (unpaired) electrons. The van der Waals surface area contributed by atoms with Crippen LogP contribution < -0.4 is 5.73 Å². The van der Waals surface area contributed by atoms with Gasteiger partial charge in [-0.3, -0.25) is 4.79 Å². The SMILES string of the molecule is NC1C2CCC(C2)C1C/C=C\CCCC(=O)OC(=O)C(F)(F)F. The highest BCUT2D eigenvalue weighted by molar-refractivity contribution is 5.88. The van der Waals surface area contributed by atoms with Crippen LogP contribution in [0, 0.1) is 17.8 Å². The fraction of sp³-hybridized carbons (Fsp3) is 0.750. The first-order chi connectivity index (χ1) is 10.8. The van der Waals surface area contributed by atoms with Crippen LogP contribution in [0.15, 0.2) is 12.2 Å². The molecule has 0 aromatic rings. The largest absolute Gasteiger partial charge is 0.491 e. The highest BCUT2D eigenvalue weighted by atomic mass is 19.4. The minimum absolute atomic E-state index is 0.209. The molecule has 2 rings (SSSR count). The second kappa shape index (κ2) is 7.47. The van der Waals surface area contributed by atoms with Gasteiger partial charge in [-0.15, -0.1) is 0 Å².